The van der Waals surface area contributed by atoms with Gasteiger partial charge in [0.05, 0.1) is 12.2 Å². The normalized spacial score (nSPS) is 17.6. The molecule has 3 aromatic rings. The van der Waals surface area contributed by atoms with Gasteiger partial charge in [0.15, 0.2) is 11.3 Å². The van der Waals surface area contributed by atoms with Gasteiger partial charge in [-0.25, -0.2) is 0 Å². The number of anilines is 1. The number of nitrogens with zero attached hydrogens (tertiary/aromatic N) is 3. The second-order valence-corrected chi connectivity index (χ2v) is 10.7. The predicted octanol–water partition coefficient (Wildman–Crippen LogP) is 4.49. The molecule has 2 N–H and O–H groups in total. The van der Waals surface area contributed by atoms with Gasteiger partial charge < -0.3 is 15.4 Å². The van der Waals surface area contributed by atoms with Crippen LogP contribution in [0, 0.1) is 0 Å². The van der Waals surface area contributed by atoms with E-state index < -0.39 is 23.3 Å². The molecular formula is C30H33N5O4S. The third-order valence-corrected chi connectivity index (χ3v) is 7.41. The number of methoxy groups -OCH3 is 1. The van der Waals surface area contributed by atoms with Gasteiger partial charge in [0, 0.05) is 25.0 Å². The van der Waals surface area contributed by atoms with Gasteiger partial charge in [-0.15, -0.1) is 0 Å². The van der Waals surface area contributed by atoms with Crippen LogP contribution in [0.5, 0.6) is 0 Å². The molecule has 1 unspecified atom stereocenters. The number of thioether (sulfide) groups is 1. The summed E-state index contributed by atoms with van der Waals surface area (Å²) in [5.74, 6) is -0.838. The minimum Gasteiger partial charge on any atom is -0.367 e. The van der Waals surface area contributed by atoms with Crippen LogP contribution in [0.3, 0.4) is 0 Å². The summed E-state index contributed by atoms with van der Waals surface area (Å²) >= 11 is 1.41. The van der Waals surface area contributed by atoms with E-state index >= 15 is 0 Å². The molecule has 1 aliphatic heterocycles. The van der Waals surface area contributed by atoms with Crippen LogP contribution in [0.25, 0.3) is 0 Å². The number of rotatable bonds is 10. The molecule has 2 aromatic carbocycles. The summed E-state index contributed by atoms with van der Waals surface area (Å²) in [5.41, 5.74) is 2.84. The first-order valence-corrected chi connectivity index (χ1v) is 13.9. The Morgan fingerprint density at radius 2 is 1.70 bits per heavy atom. The summed E-state index contributed by atoms with van der Waals surface area (Å²) in [5, 5.41) is 5.75. The molecule has 208 valence electrons. The van der Waals surface area contributed by atoms with Crippen LogP contribution in [0.4, 0.5) is 5.69 Å². The third-order valence-electron chi connectivity index (χ3n) is 6.17. The molecular weight excluding hydrogens is 526 g/mol. The van der Waals surface area contributed by atoms with Crippen molar-refractivity contribution in [1.82, 2.24) is 15.2 Å². The molecule has 3 amide bonds. The molecule has 3 atom stereocenters. The summed E-state index contributed by atoms with van der Waals surface area (Å²) in [6.45, 7) is 5.91. The zero-order chi connectivity index (χ0) is 28.6. The fourth-order valence-electron chi connectivity index (χ4n) is 4.15. The monoisotopic (exact) mass is 559 g/mol. The van der Waals surface area contributed by atoms with Crippen molar-refractivity contribution in [3.63, 3.8) is 0 Å². The molecule has 1 fully saturated rings. The first-order valence-electron chi connectivity index (χ1n) is 13.0. The first-order chi connectivity index (χ1) is 19.3. The number of nitrogens with one attached hydrogen (secondary N) is 2. The topological polar surface area (TPSA) is 113 Å². The highest BCUT2D eigenvalue weighted by Gasteiger charge is 2.39. The zero-order valence-electron chi connectivity index (χ0n) is 22.9. The molecule has 0 spiro atoms. The second-order valence-electron chi connectivity index (χ2n) is 9.62. The number of amides is 3. The molecule has 0 saturated carbocycles. The number of amidine groups is 1. The number of carbonyl (C=O) groups is 3. The summed E-state index contributed by atoms with van der Waals surface area (Å²) < 4.78 is 5.35. The van der Waals surface area contributed by atoms with Crippen molar-refractivity contribution in [1.29, 1.82) is 0 Å². The predicted molar refractivity (Wildman–Crippen MR) is 157 cm³/mol. The number of aromatic nitrogens is 1. The van der Waals surface area contributed by atoms with E-state index in [4.69, 9.17) is 4.74 Å². The Balaban J connectivity index is 1.40. The maximum atomic E-state index is 13.4. The number of hydrogen-bond acceptors (Lipinski definition) is 7. The van der Waals surface area contributed by atoms with Crippen molar-refractivity contribution >= 4 is 40.3 Å². The summed E-state index contributed by atoms with van der Waals surface area (Å²) in [6, 6.07) is 21.1. The molecule has 9 nitrogen and oxygen atoms in total. The maximum absolute atomic E-state index is 13.4. The Kier molecular flexibility index (Phi) is 9.68. The Bertz CT molecular complexity index is 1350. The zero-order valence-corrected chi connectivity index (χ0v) is 23.7. The fourth-order valence-corrected chi connectivity index (χ4v) is 5.44. The number of carbonyl (C=O) groups excluding carboxylic acids is 3. The highest BCUT2D eigenvalue weighted by molar-refractivity contribution is 8.15. The number of aliphatic imine (C=N–C) groups is 1. The Morgan fingerprint density at radius 3 is 2.33 bits per heavy atom. The lowest BCUT2D eigenvalue weighted by Crippen LogP contribution is -2.44. The van der Waals surface area contributed by atoms with Crippen molar-refractivity contribution in [2.75, 3.05) is 12.4 Å². The molecule has 0 radical (unpaired) electrons. The van der Waals surface area contributed by atoms with Crippen LogP contribution in [0.2, 0.25) is 0 Å². The van der Waals surface area contributed by atoms with Gasteiger partial charge in [0.1, 0.15) is 11.3 Å². The highest BCUT2D eigenvalue weighted by Crippen LogP contribution is 2.40. The lowest BCUT2D eigenvalue weighted by atomic mass is 10.1. The maximum Gasteiger partial charge on any atom is 0.254 e. The van der Waals surface area contributed by atoms with Crippen molar-refractivity contribution in [2.24, 2.45) is 4.99 Å². The average molecular weight is 560 g/mol. The summed E-state index contributed by atoms with van der Waals surface area (Å²) in [6.07, 6.45) is 0.886. The minimum absolute atomic E-state index is 0.0345. The van der Waals surface area contributed by atoms with Gasteiger partial charge in [0.25, 0.3) is 5.91 Å². The molecule has 40 heavy (non-hydrogen) atoms. The summed E-state index contributed by atoms with van der Waals surface area (Å²) in [4.78, 5) is 49.7. The number of hydrogen-bond donors (Lipinski definition) is 2. The van der Waals surface area contributed by atoms with Crippen molar-refractivity contribution in [3.05, 3.63) is 95.8 Å². The van der Waals surface area contributed by atoms with Crippen LogP contribution in [-0.2, 0) is 25.7 Å². The first kappa shape index (κ1) is 29.0. The van der Waals surface area contributed by atoms with Crippen LogP contribution in [0.1, 0.15) is 48.9 Å². The molecule has 2 heterocycles. The van der Waals surface area contributed by atoms with Crippen LogP contribution in [0.15, 0.2) is 84.0 Å². The lowest BCUT2D eigenvalue weighted by Gasteiger charge is -2.19. The van der Waals surface area contributed by atoms with Crippen molar-refractivity contribution < 1.29 is 19.1 Å². The van der Waals surface area contributed by atoms with E-state index in [0.29, 0.717) is 23.0 Å². The largest absolute Gasteiger partial charge is 0.367 e. The van der Waals surface area contributed by atoms with Gasteiger partial charge in [0.2, 0.25) is 11.8 Å². The van der Waals surface area contributed by atoms with Gasteiger partial charge in [-0.3, -0.25) is 29.3 Å². The molecule has 1 aromatic heterocycles. The number of benzene rings is 2. The molecule has 10 heteroatoms. The van der Waals surface area contributed by atoms with Gasteiger partial charge in [-0.2, -0.15) is 0 Å². The van der Waals surface area contributed by atoms with E-state index in [2.05, 4.69) is 20.6 Å². The third kappa shape index (κ3) is 7.13. The molecule has 1 saturated heterocycles. The van der Waals surface area contributed by atoms with E-state index in [9.17, 15) is 14.4 Å². The highest BCUT2D eigenvalue weighted by atomic mass is 32.2. The van der Waals surface area contributed by atoms with E-state index in [1.807, 2.05) is 62.4 Å². The smallest absolute Gasteiger partial charge is 0.254 e. The van der Waals surface area contributed by atoms with Crippen molar-refractivity contribution in [2.45, 2.75) is 50.8 Å². The molecule has 0 aliphatic carbocycles. The quantitative estimate of drug-likeness (QED) is 0.378. The lowest BCUT2D eigenvalue weighted by molar-refractivity contribution is -0.134. The minimum atomic E-state index is -0.821. The van der Waals surface area contributed by atoms with E-state index in [1.165, 1.54) is 18.9 Å². The van der Waals surface area contributed by atoms with Gasteiger partial charge >= 0.3 is 0 Å². The van der Waals surface area contributed by atoms with Crippen molar-refractivity contribution in [3.8, 4) is 0 Å². The van der Waals surface area contributed by atoms with Crippen LogP contribution >= 0.6 is 11.8 Å². The molecule has 1 aliphatic rings. The van der Waals surface area contributed by atoms with Gasteiger partial charge in [-0.05, 0) is 56.2 Å². The second kappa shape index (κ2) is 13.4. The Labute approximate surface area is 238 Å². The fraction of sp³-hybridized carbons (Fsp3) is 0.300. The van der Waals surface area contributed by atoms with E-state index in [-0.39, 0.29) is 17.9 Å². The standard InChI is InChI=1S/C30H33N5O4S/c1-19(2)32-30-35(18-24-12-8-9-17-31-24)29(38)26(40-30)22-13-15-23(16-14-22)34-27(36)20(3)33-28(37)25(39-4)21-10-6-5-7-11-21/h5-17,19-20,25-26H,18H2,1-4H3,(H,33,37)(H,34,36)/t20-,25-,26?/m1/s1. The van der Waals surface area contributed by atoms with Gasteiger partial charge in [-0.1, -0.05) is 60.3 Å². The average Bonchev–Trinajstić information content (AvgIpc) is 3.24. The molecule has 4 rings (SSSR count). The van der Waals surface area contributed by atoms with E-state index in [1.54, 1.807) is 42.3 Å². The SMILES string of the molecule is CO[C@@H](C(=O)N[C@H](C)C(=O)Nc1ccc(C2SC(=NC(C)C)N(Cc3ccccn3)C2=O)cc1)c1ccccc1. The van der Waals surface area contributed by atoms with Crippen LogP contribution in [-0.4, -0.2) is 52.0 Å². The number of pyridine rings is 1. The number of ether oxygens (including phenoxy) is 1. The Hall–Kier alpha value is -4.02. The summed E-state index contributed by atoms with van der Waals surface area (Å²) in [7, 11) is 1.45. The molecule has 0 bridgehead atoms. The van der Waals surface area contributed by atoms with Crippen LogP contribution < -0.4 is 10.6 Å². The van der Waals surface area contributed by atoms with E-state index in [0.717, 1.165) is 11.3 Å². The Morgan fingerprint density at radius 1 is 1.00 bits per heavy atom.